The Morgan fingerprint density at radius 1 is 1.35 bits per heavy atom. The Hall–Kier alpha value is -1.66. The molecule has 6 heteroatoms. The fourth-order valence-corrected chi connectivity index (χ4v) is 2.97. The fourth-order valence-electron chi connectivity index (χ4n) is 1.79. The molecule has 0 saturated carbocycles. The molecule has 0 aliphatic rings. The van der Waals surface area contributed by atoms with Crippen molar-refractivity contribution in [1.29, 1.82) is 0 Å². The molecule has 1 aromatic carbocycles. The molecule has 4 nitrogen and oxygen atoms in total. The molecule has 20 heavy (non-hydrogen) atoms. The molecule has 0 aliphatic heterocycles. The summed E-state index contributed by atoms with van der Waals surface area (Å²) >= 11 is 6.52. The first-order valence-corrected chi connectivity index (χ1v) is 7.43. The Morgan fingerprint density at radius 2 is 2.00 bits per heavy atom. The minimum absolute atomic E-state index is 0.342. The first-order valence-electron chi connectivity index (χ1n) is 6.21. The van der Waals surface area contributed by atoms with Crippen molar-refractivity contribution in [3.8, 4) is 10.4 Å². The van der Waals surface area contributed by atoms with Gasteiger partial charge in [0.1, 0.15) is 5.69 Å². The predicted octanol–water partition coefficient (Wildman–Crippen LogP) is 3.72. The number of carbonyl (C=O) groups is 1. The number of aromatic nitrogens is 1. The van der Waals surface area contributed by atoms with Crippen LogP contribution in [0.1, 0.15) is 17.4 Å². The number of rotatable bonds is 4. The van der Waals surface area contributed by atoms with E-state index in [1.807, 2.05) is 43.3 Å². The molecule has 0 fully saturated rings. The molecule has 1 heterocycles. The lowest BCUT2D eigenvalue weighted by molar-refractivity contribution is 0.0521. The number of H-pyrrole nitrogens is 1. The van der Waals surface area contributed by atoms with Crippen molar-refractivity contribution in [2.75, 3.05) is 25.6 Å². The van der Waals surface area contributed by atoms with E-state index in [4.69, 9.17) is 17.0 Å². The SMILES string of the molecule is CCOC(=O)c1[nH]c(=S)sc1-c1ccc(N(C)C)cc1. The number of hydrogen-bond donors (Lipinski definition) is 1. The summed E-state index contributed by atoms with van der Waals surface area (Å²) in [6.07, 6.45) is 0. The second-order valence-electron chi connectivity index (χ2n) is 4.38. The van der Waals surface area contributed by atoms with E-state index in [9.17, 15) is 4.79 Å². The Bertz CT molecular complexity index is 657. The first-order chi connectivity index (χ1) is 9.52. The monoisotopic (exact) mass is 308 g/mol. The third kappa shape index (κ3) is 3.08. The summed E-state index contributed by atoms with van der Waals surface area (Å²) in [5.74, 6) is -0.369. The summed E-state index contributed by atoms with van der Waals surface area (Å²) in [5.41, 5.74) is 2.49. The largest absolute Gasteiger partial charge is 0.461 e. The molecule has 0 amide bonds. The van der Waals surface area contributed by atoms with Gasteiger partial charge in [-0.05, 0) is 36.8 Å². The van der Waals surface area contributed by atoms with Gasteiger partial charge in [-0.25, -0.2) is 4.79 Å². The third-order valence-corrected chi connectivity index (χ3v) is 4.06. The summed E-state index contributed by atoms with van der Waals surface area (Å²) in [6, 6.07) is 7.97. The zero-order chi connectivity index (χ0) is 14.7. The number of hydrogen-bond acceptors (Lipinski definition) is 5. The molecule has 2 rings (SSSR count). The lowest BCUT2D eigenvalue weighted by Crippen LogP contribution is -2.08. The van der Waals surface area contributed by atoms with Crippen molar-refractivity contribution >= 4 is 35.2 Å². The molecular formula is C14H16N2O2S2. The molecule has 0 aliphatic carbocycles. The molecule has 0 radical (unpaired) electrons. The van der Waals surface area contributed by atoms with Crippen LogP contribution >= 0.6 is 23.6 Å². The van der Waals surface area contributed by atoms with Crippen molar-refractivity contribution in [3.05, 3.63) is 33.9 Å². The van der Waals surface area contributed by atoms with Gasteiger partial charge in [-0.1, -0.05) is 12.1 Å². The number of anilines is 1. The number of nitrogens with one attached hydrogen (secondary N) is 1. The summed E-state index contributed by atoms with van der Waals surface area (Å²) in [5, 5.41) is 0. The van der Waals surface area contributed by atoms with E-state index in [2.05, 4.69) is 4.98 Å². The number of esters is 1. The van der Waals surface area contributed by atoms with Crippen LogP contribution in [0.3, 0.4) is 0 Å². The number of nitrogens with zero attached hydrogens (tertiary/aromatic N) is 1. The number of carbonyl (C=O) groups excluding carboxylic acids is 1. The quantitative estimate of drug-likeness (QED) is 0.691. The van der Waals surface area contributed by atoms with Crippen LogP contribution in [-0.4, -0.2) is 31.7 Å². The molecule has 2 aromatic rings. The molecule has 0 spiro atoms. The highest BCUT2D eigenvalue weighted by atomic mass is 32.1. The number of ether oxygens (including phenoxy) is 1. The van der Waals surface area contributed by atoms with Crippen LogP contribution in [0.25, 0.3) is 10.4 Å². The van der Waals surface area contributed by atoms with E-state index in [-0.39, 0.29) is 5.97 Å². The summed E-state index contributed by atoms with van der Waals surface area (Å²) in [7, 11) is 3.97. The van der Waals surface area contributed by atoms with E-state index < -0.39 is 0 Å². The lowest BCUT2D eigenvalue weighted by atomic mass is 10.1. The average molecular weight is 308 g/mol. The van der Waals surface area contributed by atoms with Gasteiger partial charge in [-0.2, -0.15) is 0 Å². The van der Waals surface area contributed by atoms with E-state index in [0.29, 0.717) is 16.3 Å². The zero-order valence-electron chi connectivity index (χ0n) is 11.6. The maximum absolute atomic E-state index is 11.9. The Morgan fingerprint density at radius 3 is 2.55 bits per heavy atom. The van der Waals surface area contributed by atoms with Gasteiger partial charge in [0.2, 0.25) is 0 Å². The second kappa shape index (κ2) is 6.19. The van der Waals surface area contributed by atoms with Crippen LogP contribution in [0.15, 0.2) is 24.3 Å². The van der Waals surface area contributed by atoms with Gasteiger partial charge in [-0.15, -0.1) is 11.3 Å². The van der Waals surface area contributed by atoms with Crippen molar-refractivity contribution in [2.24, 2.45) is 0 Å². The molecule has 0 bridgehead atoms. The third-order valence-electron chi connectivity index (χ3n) is 2.77. The molecular weight excluding hydrogens is 292 g/mol. The standard InChI is InChI=1S/C14H16N2O2S2/c1-4-18-13(17)11-12(20-14(19)15-11)9-5-7-10(8-6-9)16(2)3/h5-8H,4H2,1-3H3,(H,15,19). The van der Waals surface area contributed by atoms with E-state index in [1.165, 1.54) is 11.3 Å². The van der Waals surface area contributed by atoms with Gasteiger partial charge in [0.05, 0.1) is 11.5 Å². The minimum atomic E-state index is -0.369. The van der Waals surface area contributed by atoms with Crippen LogP contribution < -0.4 is 4.90 Å². The van der Waals surface area contributed by atoms with E-state index in [0.717, 1.165) is 16.1 Å². The second-order valence-corrected chi connectivity index (χ2v) is 6.07. The van der Waals surface area contributed by atoms with Crippen LogP contribution in [0.5, 0.6) is 0 Å². The molecule has 0 unspecified atom stereocenters. The molecule has 0 atom stereocenters. The van der Waals surface area contributed by atoms with E-state index in [1.54, 1.807) is 6.92 Å². The number of benzene rings is 1. The van der Waals surface area contributed by atoms with Gasteiger partial charge >= 0.3 is 5.97 Å². The van der Waals surface area contributed by atoms with Gasteiger partial charge in [0.25, 0.3) is 0 Å². The maximum Gasteiger partial charge on any atom is 0.356 e. The van der Waals surface area contributed by atoms with Crippen LogP contribution in [-0.2, 0) is 4.74 Å². The smallest absolute Gasteiger partial charge is 0.356 e. The molecule has 106 valence electrons. The van der Waals surface area contributed by atoms with Crippen molar-refractivity contribution in [2.45, 2.75) is 6.92 Å². The lowest BCUT2D eigenvalue weighted by Gasteiger charge is -2.12. The van der Waals surface area contributed by atoms with Gasteiger partial charge in [0, 0.05) is 19.8 Å². The Kier molecular flexibility index (Phi) is 4.57. The van der Waals surface area contributed by atoms with Gasteiger partial charge in [0.15, 0.2) is 3.95 Å². The Labute approximate surface area is 127 Å². The highest BCUT2D eigenvalue weighted by Crippen LogP contribution is 2.30. The predicted molar refractivity (Wildman–Crippen MR) is 85.2 cm³/mol. The molecule has 0 saturated heterocycles. The van der Waals surface area contributed by atoms with Crippen molar-refractivity contribution in [1.82, 2.24) is 4.98 Å². The highest BCUT2D eigenvalue weighted by molar-refractivity contribution is 7.73. The average Bonchev–Trinajstić information content (AvgIpc) is 2.81. The van der Waals surface area contributed by atoms with Crippen LogP contribution in [0, 0.1) is 3.95 Å². The first kappa shape index (κ1) is 14.7. The summed E-state index contributed by atoms with van der Waals surface area (Å²) in [6.45, 7) is 2.12. The normalized spacial score (nSPS) is 10.3. The van der Waals surface area contributed by atoms with Gasteiger partial charge in [-0.3, -0.25) is 0 Å². The van der Waals surface area contributed by atoms with Crippen molar-refractivity contribution < 1.29 is 9.53 Å². The fraction of sp³-hybridized carbons (Fsp3) is 0.286. The summed E-state index contributed by atoms with van der Waals surface area (Å²) in [4.78, 5) is 17.7. The van der Waals surface area contributed by atoms with Crippen LogP contribution in [0.2, 0.25) is 0 Å². The Balaban J connectivity index is 2.42. The topological polar surface area (TPSA) is 45.3 Å². The van der Waals surface area contributed by atoms with Crippen LogP contribution in [0.4, 0.5) is 5.69 Å². The van der Waals surface area contributed by atoms with Gasteiger partial charge < -0.3 is 14.6 Å². The summed E-state index contributed by atoms with van der Waals surface area (Å²) < 4.78 is 5.62. The van der Waals surface area contributed by atoms with Crippen molar-refractivity contribution in [3.63, 3.8) is 0 Å². The maximum atomic E-state index is 11.9. The minimum Gasteiger partial charge on any atom is -0.461 e. The number of aromatic amines is 1. The zero-order valence-corrected chi connectivity index (χ0v) is 13.2. The van der Waals surface area contributed by atoms with E-state index >= 15 is 0 Å². The number of thiazole rings is 1. The highest BCUT2D eigenvalue weighted by Gasteiger charge is 2.17. The molecule has 1 N–H and O–H groups in total. The molecule has 1 aromatic heterocycles.